The highest BCUT2D eigenvalue weighted by atomic mass is 16.8. The van der Waals surface area contributed by atoms with Crippen molar-refractivity contribution < 1.29 is 9.47 Å². The van der Waals surface area contributed by atoms with E-state index < -0.39 is 0 Å². The van der Waals surface area contributed by atoms with Gasteiger partial charge in [-0.25, -0.2) is 0 Å². The van der Waals surface area contributed by atoms with Gasteiger partial charge < -0.3 is 9.47 Å². The number of epoxide rings is 1. The predicted octanol–water partition coefficient (Wildman–Crippen LogP) is 1.81. The molecular formula is C9H10O2. The number of hydrogen-bond donors (Lipinski definition) is 0. The summed E-state index contributed by atoms with van der Waals surface area (Å²) in [5, 5.41) is 0. The first-order valence-electron chi connectivity index (χ1n) is 3.73. The minimum absolute atomic E-state index is 0.0163. The molecule has 2 nitrogen and oxygen atoms in total. The van der Waals surface area contributed by atoms with Crippen molar-refractivity contribution in [3.8, 4) is 5.75 Å². The number of ether oxygens (including phenoxy) is 2. The quantitative estimate of drug-likeness (QED) is 0.600. The molecule has 0 saturated carbocycles. The average molecular weight is 150 g/mol. The second-order valence-electron chi connectivity index (χ2n) is 2.64. The summed E-state index contributed by atoms with van der Waals surface area (Å²) in [5.41, 5.74) is 0. The molecule has 0 radical (unpaired) electrons. The van der Waals surface area contributed by atoms with E-state index in [4.69, 9.17) is 9.47 Å². The molecule has 2 heteroatoms. The summed E-state index contributed by atoms with van der Waals surface area (Å²) in [6.07, 6.45) is 0.243. The third-order valence-corrected chi connectivity index (χ3v) is 1.65. The van der Waals surface area contributed by atoms with Gasteiger partial charge in [-0.3, -0.25) is 0 Å². The zero-order valence-corrected chi connectivity index (χ0v) is 6.36. The van der Waals surface area contributed by atoms with Crippen LogP contribution in [0, 0.1) is 0 Å². The predicted molar refractivity (Wildman–Crippen MR) is 41.4 cm³/mol. The van der Waals surface area contributed by atoms with Gasteiger partial charge in [-0.1, -0.05) is 18.2 Å². The molecule has 0 bridgehead atoms. The molecule has 1 aliphatic heterocycles. The molecule has 1 saturated heterocycles. The van der Waals surface area contributed by atoms with Gasteiger partial charge in [0.05, 0.1) is 0 Å². The monoisotopic (exact) mass is 150 g/mol. The van der Waals surface area contributed by atoms with E-state index >= 15 is 0 Å². The minimum atomic E-state index is -0.0163. The van der Waals surface area contributed by atoms with Crippen molar-refractivity contribution in [2.24, 2.45) is 0 Å². The Hall–Kier alpha value is -1.02. The fourth-order valence-electron chi connectivity index (χ4n) is 0.923. The summed E-state index contributed by atoms with van der Waals surface area (Å²) >= 11 is 0. The lowest BCUT2D eigenvalue weighted by Gasteiger charge is -1.99. The van der Waals surface area contributed by atoms with E-state index in [1.165, 1.54) is 0 Å². The van der Waals surface area contributed by atoms with Crippen molar-refractivity contribution >= 4 is 0 Å². The number of rotatable bonds is 2. The second-order valence-corrected chi connectivity index (χ2v) is 2.64. The highest BCUT2D eigenvalue weighted by molar-refractivity contribution is 5.21. The molecule has 2 atom stereocenters. The Morgan fingerprint density at radius 1 is 1.27 bits per heavy atom. The maximum atomic E-state index is 5.42. The molecular weight excluding hydrogens is 140 g/mol. The number of para-hydroxylation sites is 1. The van der Waals surface area contributed by atoms with E-state index in [2.05, 4.69) is 0 Å². The fraction of sp³-hybridized carbons (Fsp3) is 0.333. The van der Waals surface area contributed by atoms with E-state index in [1.807, 2.05) is 37.3 Å². The zero-order valence-electron chi connectivity index (χ0n) is 6.36. The summed E-state index contributed by atoms with van der Waals surface area (Å²) < 4.78 is 10.5. The molecule has 11 heavy (non-hydrogen) atoms. The Balaban J connectivity index is 1.97. The van der Waals surface area contributed by atoms with E-state index in [0.29, 0.717) is 0 Å². The Bertz CT molecular complexity index is 233. The lowest BCUT2D eigenvalue weighted by atomic mass is 10.3. The van der Waals surface area contributed by atoms with Crippen molar-refractivity contribution in [1.29, 1.82) is 0 Å². The van der Waals surface area contributed by atoms with E-state index in [1.54, 1.807) is 0 Å². The van der Waals surface area contributed by atoms with Gasteiger partial charge in [-0.2, -0.15) is 0 Å². The minimum Gasteiger partial charge on any atom is -0.462 e. The molecule has 0 spiro atoms. The smallest absolute Gasteiger partial charge is 0.226 e. The van der Waals surface area contributed by atoms with Gasteiger partial charge in [0.25, 0.3) is 0 Å². The molecule has 2 rings (SSSR count). The SMILES string of the molecule is C[C@@H]1OC1Oc1ccccc1. The molecule has 1 unspecified atom stereocenters. The van der Waals surface area contributed by atoms with E-state index in [9.17, 15) is 0 Å². The Kier molecular flexibility index (Phi) is 1.55. The largest absolute Gasteiger partial charge is 0.462 e. The van der Waals surface area contributed by atoms with E-state index in [-0.39, 0.29) is 12.4 Å². The topological polar surface area (TPSA) is 21.8 Å². The lowest BCUT2D eigenvalue weighted by molar-refractivity contribution is 0.178. The third kappa shape index (κ3) is 1.52. The van der Waals surface area contributed by atoms with Crippen molar-refractivity contribution in [3.63, 3.8) is 0 Å². The summed E-state index contributed by atoms with van der Waals surface area (Å²) in [7, 11) is 0. The molecule has 1 heterocycles. The van der Waals surface area contributed by atoms with E-state index in [0.717, 1.165) is 5.75 Å². The fourth-order valence-corrected chi connectivity index (χ4v) is 0.923. The van der Waals surface area contributed by atoms with Crippen LogP contribution in [0.5, 0.6) is 5.75 Å². The summed E-state index contributed by atoms with van der Waals surface area (Å²) in [4.78, 5) is 0. The standard InChI is InChI=1S/C9H10O2/c1-7-9(10-7)11-8-5-3-2-4-6-8/h2-7,9H,1H3/t7-,9?/m0/s1. The summed E-state index contributed by atoms with van der Waals surface area (Å²) in [6.45, 7) is 1.99. The lowest BCUT2D eigenvalue weighted by Crippen LogP contribution is -2.00. The van der Waals surface area contributed by atoms with Gasteiger partial charge in [-0.15, -0.1) is 0 Å². The average Bonchev–Trinajstić information content (AvgIpc) is 2.69. The van der Waals surface area contributed by atoms with Crippen molar-refractivity contribution in [1.82, 2.24) is 0 Å². The van der Waals surface area contributed by atoms with Gasteiger partial charge in [0.15, 0.2) is 0 Å². The first-order valence-corrected chi connectivity index (χ1v) is 3.73. The zero-order chi connectivity index (χ0) is 7.68. The highest BCUT2D eigenvalue weighted by Gasteiger charge is 2.36. The maximum absolute atomic E-state index is 5.42. The van der Waals surface area contributed by atoms with Gasteiger partial charge >= 0.3 is 0 Å². The summed E-state index contributed by atoms with van der Waals surface area (Å²) in [6, 6.07) is 9.71. The summed E-state index contributed by atoms with van der Waals surface area (Å²) in [5.74, 6) is 0.877. The maximum Gasteiger partial charge on any atom is 0.226 e. The van der Waals surface area contributed by atoms with Crippen LogP contribution in [0.15, 0.2) is 30.3 Å². The van der Waals surface area contributed by atoms with Crippen LogP contribution in [0.25, 0.3) is 0 Å². The first-order chi connectivity index (χ1) is 5.36. The first kappa shape index (κ1) is 6.68. The highest BCUT2D eigenvalue weighted by Crippen LogP contribution is 2.24. The van der Waals surface area contributed by atoms with Crippen LogP contribution in [0.3, 0.4) is 0 Å². The molecule has 1 aliphatic rings. The normalized spacial score (nSPS) is 28.1. The molecule has 1 fully saturated rings. The molecule has 1 aromatic rings. The van der Waals surface area contributed by atoms with Crippen LogP contribution < -0.4 is 4.74 Å². The molecule has 58 valence electrons. The Labute approximate surface area is 65.7 Å². The third-order valence-electron chi connectivity index (χ3n) is 1.65. The van der Waals surface area contributed by atoms with Crippen LogP contribution in [0.4, 0.5) is 0 Å². The van der Waals surface area contributed by atoms with Crippen molar-refractivity contribution in [2.75, 3.05) is 0 Å². The van der Waals surface area contributed by atoms with Gasteiger partial charge in [-0.05, 0) is 19.1 Å². The Morgan fingerprint density at radius 2 is 1.91 bits per heavy atom. The second kappa shape index (κ2) is 2.55. The van der Waals surface area contributed by atoms with Crippen LogP contribution in [0.1, 0.15) is 6.92 Å². The molecule has 1 aromatic carbocycles. The molecule has 0 amide bonds. The number of benzene rings is 1. The molecule has 0 aromatic heterocycles. The van der Waals surface area contributed by atoms with Gasteiger partial charge in [0.1, 0.15) is 11.9 Å². The Morgan fingerprint density at radius 3 is 2.45 bits per heavy atom. The van der Waals surface area contributed by atoms with Crippen LogP contribution in [0.2, 0.25) is 0 Å². The van der Waals surface area contributed by atoms with Crippen molar-refractivity contribution in [2.45, 2.75) is 19.3 Å². The van der Waals surface area contributed by atoms with Crippen LogP contribution in [-0.4, -0.2) is 12.4 Å². The van der Waals surface area contributed by atoms with Crippen molar-refractivity contribution in [3.05, 3.63) is 30.3 Å². The number of hydrogen-bond acceptors (Lipinski definition) is 2. The van der Waals surface area contributed by atoms with Gasteiger partial charge in [0, 0.05) is 0 Å². The molecule has 0 N–H and O–H groups in total. The van der Waals surface area contributed by atoms with Crippen LogP contribution in [-0.2, 0) is 4.74 Å². The molecule has 0 aliphatic carbocycles. The van der Waals surface area contributed by atoms with Gasteiger partial charge in [0.2, 0.25) is 6.29 Å². The van der Waals surface area contributed by atoms with Crippen LogP contribution >= 0.6 is 0 Å².